The van der Waals surface area contributed by atoms with Crippen LogP contribution in [0, 0.1) is 6.92 Å². The number of fused-ring (bicyclic) bond motifs is 1. The van der Waals surface area contributed by atoms with Crippen molar-refractivity contribution < 1.29 is 5.11 Å². The summed E-state index contributed by atoms with van der Waals surface area (Å²) < 4.78 is 1.50. The molecule has 0 bridgehead atoms. The zero-order chi connectivity index (χ0) is 13.4. The Hall–Kier alpha value is -2.40. The summed E-state index contributed by atoms with van der Waals surface area (Å²) >= 11 is 0. The average Bonchev–Trinajstić information content (AvgIpc) is 2.83. The largest absolute Gasteiger partial charge is 0.390 e. The zero-order valence-electron chi connectivity index (χ0n) is 10.4. The summed E-state index contributed by atoms with van der Waals surface area (Å²) in [5.74, 6) is 0. The van der Waals surface area contributed by atoms with E-state index >= 15 is 0 Å². The summed E-state index contributed by atoms with van der Waals surface area (Å²) in [6.45, 7) is 1.83. The van der Waals surface area contributed by atoms with Gasteiger partial charge in [0.2, 0.25) is 0 Å². The van der Waals surface area contributed by atoms with Gasteiger partial charge in [-0.25, -0.2) is 4.52 Å². The molecule has 2 heterocycles. The third kappa shape index (κ3) is 2.04. The highest BCUT2D eigenvalue weighted by Gasteiger charge is 2.07. The molecule has 0 saturated carbocycles. The minimum absolute atomic E-state index is 0.180. The molecule has 0 atom stereocenters. The fourth-order valence-corrected chi connectivity index (χ4v) is 2.01. The van der Waals surface area contributed by atoms with Crippen LogP contribution in [0.5, 0.6) is 0 Å². The molecule has 5 nitrogen and oxygen atoms in total. The fourth-order valence-electron chi connectivity index (χ4n) is 2.01. The fraction of sp³-hybridized carbons (Fsp3) is 0.143. The summed E-state index contributed by atoms with van der Waals surface area (Å²) in [5, 5.41) is 13.2. The van der Waals surface area contributed by atoms with Gasteiger partial charge in [-0.3, -0.25) is 4.79 Å². The number of aliphatic hydroxyl groups is 1. The number of aliphatic hydroxyl groups excluding tert-OH is 1. The number of hydrogen-bond donors (Lipinski definition) is 2. The first-order valence-electron chi connectivity index (χ1n) is 5.97. The number of nitrogens with one attached hydrogen (secondary N) is 1. The van der Waals surface area contributed by atoms with Gasteiger partial charge < -0.3 is 10.1 Å². The number of aryl methyl sites for hydroxylation is 1. The maximum atomic E-state index is 12.0. The van der Waals surface area contributed by atoms with Gasteiger partial charge in [-0.05, 0) is 18.6 Å². The molecule has 19 heavy (non-hydrogen) atoms. The van der Waals surface area contributed by atoms with Gasteiger partial charge in [0, 0.05) is 0 Å². The van der Waals surface area contributed by atoms with E-state index in [1.807, 2.05) is 31.2 Å². The number of aromatic amines is 1. The second kappa shape index (κ2) is 4.37. The first kappa shape index (κ1) is 11.7. The number of hydrogen-bond acceptors (Lipinski definition) is 3. The third-order valence-electron chi connectivity index (χ3n) is 3.04. The van der Waals surface area contributed by atoms with Crippen LogP contribution in [-0.4, -0.2) is 19.7 Å². The van der Waals surface area contributed by atoms with Crippen molar-refractivity contribution in [3.05, 3.63) is 58.1 Å². The maximum absolute atomic E-state index is 12.0. The number of nitrogens with zero attached hydrogens (tertiary/aromatic N) is 2. The van der Waals surface area contributed by atoms with Crippen LogP contribution in [0.4, 0.5) is 0 Å². The van der Waals surface area contributed by atoms with E-state index in [2.05, 4.69) is 10.1 Å². The maximum Gasteiger partial charge on any atom is 0.274 e. The second-order valence-electron chi connectivity index (χ2n) is 4.49. The Morgan fingerprint density at radius 3 is 2.74 bits per heavy atom. The topological polar surface area (TPSA) is 70.4 Å². The molecule has 2 N–H and O–H groups in total. The Bertz CT molecular complexity index is 785. The lowest BCUT2D eigenvalue weighted by atomic mass is 10.1. The zero-order valence-corrected chi connectivity index (χ0v) is 10.4. The molecule has 0 aliphatic rings. The molecule has 1 aromatic carbocycles. The van der Waals surface area contributed by atoms with Crippen LogP contribution in [0.15, 0.2) is 41.3 Å². The quantitative estimate of drug-likeness (QED) is 0.729. The molecule has 3 aromatic rings. The van der Waals surface area contributed by atoms with Gasteiger partial charge in [-0.2, -0.15) is 5.10 Å². The normalized spacial score (nSPS) is 11.1. The van der Waals surface area contributed by atoms with Crippen molar-refractivity contribution in [1.82, 2.24) is 14.6 Å². The van der Waals surface area contributed by atoms with Crippen molar-refractivity contribution in [2.75, 3.05) is 0 Å². The summed E-state index contributed by atoms with van der Waals surface area (Å²) in [5.41, 5.74) is 3.47. The molecule has 3 rings (SSSR count). The lowest BCUT2D eigenvalue weighted by Gasteiger charge is -2.03. The molecule has 5 heteroatoms. The lowest BCUT2D eigenvalue weighted by molar-refractivity contribution is 0.276. The molecule has 0 radical (unpaired) electrons. The van der Waals surface area contributed by atoms with Crippen LogP contribution in [0.3, 0.4) is 0 Å². The van der Waals surface area contributed by atoms with E-state index in [0.29, 0.717) is 16.9 Å². The highest BCUT2D eigenvalue weighted by Crippen LogP contribution is 2.16. The standard InChI is InChI=1S/C14H13N3O2/c1-9-2-4-10(5-3-9)12-7-17-13(14(19)15-12)6-11(8-18)16-17/h2-7,18H,8H2,1H3,(H,15,19). The third-order valence-corrected chi connectivity index (χ3v) is 3.04. The van der Waals surface area contributed by atoms with E-state index in [9.17, 15) is 4.79 Å². The minimum Gasteiger partial charge on any atom is -0.390 e. The molecule has 96 valence electrons. The Morgan fingerprint density at radius 1 is 1.32 bits per heavy atom. The van der Waals surface area contributed by atoms with E-state index in [4.69, 9.17) is 5.11 Å². The summed E-state index contributed by atoms with van der Waals surface area (Å²) in [7, 11) is 0. The molecule has 0 fully saturated rings. The van der Waals surface area contributed by atoms with Crippen molar-refractivity contribution in [1.29, 1.82) is 0 Å². The van der Waals surface area contributed by atoms with Gasteiger partial charge in [0.05, 0.1) is 24.2 Å². The van der Waals surface area contributed by atoms with Gasteiger partial charge in [0.15, 0.2) is 0 Å². The van der Waals surface area contributed by atoms with Crippen molar-refractivity contribution in [3.63, 3.8) is 0 Å². The van der Waals surface area contributed by atoms with Gasteiger partial charge in [0.1, 0.15) is 5.52 Å². The molecule has 0 amide bonds. The molecule has 0 spiro atoms. The van der Waals surface area contributed by atoms with E-state index < -0.39 is 0 Å². The van der Waals surface area contributed by atoms with E-state index in [-0.39, 0.29) is 12.2 Å². The molecule has 0 aliphatic carbocycles. The SMILES string of the molecule is Cc1ccc(-c2cn3nc(CO)cc3c(=O)[nH]2)cc1. The van der Waals surface area contributed by atoms with Crippen molar-refractivity contribution in [2.24, 2.45) is 0 Å². The molecule has 2 aromatic heterocycles. The van der Waals surface area contributed by atoms with Crippen molar-refractivity contribution >= 4 is 5.52 Å². The predicted octanol–water partition coefficient (Wildman–Crippen LogP) is 1.49. The Labute approximate surface area is 109 Å². The monoisotopic (exact) mass is 255 g/mol. The van der Waals surface area contributed by atoms with Crippen LogP contribution in [0.1, 0.15) is 11.3 Å². The molecular formula is C14H13N3O2. The van der Waals surface area contributed by atoms with Gasteiger partial charge in [0.25, 0.3) is 5.56 Å². The Kier molecular flexibility index (Phi) is 2.68. The van der Waals surface area contributed by atoms with E-state index in [1.165, 1.54) is 4.52 Å². The Balaban J connectivity index is 2.20. The van der Waals surface area contributed by atoms with Crippen LogP contribution in [0.2, 0.25) is 0 Å². The second-order valence-corrected chi connectivity index (χ2v) is 4.49. The van der Waals surface area contributed by atoms with Crippen LogP contribution >= 0.6 is 0 Å². The van der Waals surface area contributed by atoms with Crippen molar-refractivity contribution in [3.8, 4) is 11.3 Å². The molecule has 0 unspecified atom stereocenters. The average molecular weight is 255 g/mol. The van der Waals surface area contributed by atoms with Crippen LogP contribution < -0.4 is 5.56 Å². The Morgan fingerprint density at radius 2 is 2.05 bits per heavy atom. The first-order chi connectivity index (χ1) is 9.17. The molecular weight excluding hydrogens is 242 g/mol. The first-order valence-corrected chi connectivity index (χ1v) is 5.97. The smallest absolute Gasteiger partial charge is 0.274 e. The highest BCUT2D eigenvalue weighted by atomic mass is 16.3. The minimum atomic E-state index is -0.217. The lowest BCUT2D eigenvalue weighted by Crippen LogP contribution is -2.10. The number of rotatable bonds is 2. The van der Waals surface area contributed by atoms with E-state index in [1.54, 1.807) is 12.3 Å². The molecule has 0 aliphatic heterocycles. The summed E-state index contributed by atoms with van der Waals surface area (Å²) in [6.07, 6.45) is 1.75. The molecule has 0 saturated heterocycles. The van der Waals surface area contributed by atoms with Crippen molar-refractivity contribution in [2.45, 2.75) is 13.5 Å². The van der Waals surface area contributed by atoms with Crippen LogP contribution in [0.25, 0.3) is 16.8 Å². The van der Waals surface area contributed by atoms with Crippen LogP contribution in [-0.2, 0) is 6.61 Å². The van der Waals surface area contributed by atoms with Gasteiger partial charge >= 0.3 is 0 Å². The number of aromatic nitrogens is 3. The van der Waals surface area contributed by atoms with Gasteiger partial charge in [-0.1, -0.05) is 29.8 Å². The number of H-pyrrole nitrogens is 1. The number of benzene rings is 1. The summed E-state index contributed by atoms with van der Waals surface area (Å²) in [6, 6.07) is 9.45. The summed E-state index contributed by atoms with van der Waals surface area (Å²) in [4.78, 5) is 14.8. The van der Waals surface area contributed by atoms with Gasteiger partial charge in [-0.15, -0.1) is 0 Å². The van der Waals surface area contributed by atoms with E-state index in [0.717, 1.165) is 11.1 Å². The highest BCUT2D eigenvalue weighted by molar-refractivity contribution is 5.60. The predicted molar refractivity (Wildman–Crippen MR) is 71.9 cm³/mol.